The molecular formula is C19H22IN. The van der Waals surface area contributed by atoms with Crippen LogP contribution in [0.1, 0.15) is 36.8 Å². The molecule has 1 aliphatic rings. The second-order valence-corrected chi connectivity index (χ2v) is 7.41. The summed E-state index contributed by atoms with van der Waals surface area (Å²) in [6, 6.07) is 19.9. The van der Waals surface area contributed by atoms with Gasteiger partial charge in [-0.15, -0.1) is 0 Å². The minimum absolute atomic E-state index is 0.171. The van der Waals surface area contributed by atoms with Gasteiger partial charge in [0.2, 0.25) is 0 Å². The molecule has 21 heavy (non-hydrogen) atoms. The second-order valence-electron chi connectivity index (χ2n) is 6.17. The first-order valence-corrected chi connectivity index (χ1v) is 8.84. The normalized spacial score (nSPS) is 18.6. The number of benzene rings is 2. The number of nitrogens with two attached hydrogens (primary N) is 1. The lowest BCUT2D eigenvalue weighted by Crippen LogP contribution is -2.45. The Bertz CT molecular complexity index is 570. The van der Waals surface area contributed by atoms with Gasteiger partial charge in [0.15, 0.2) is 0 Å². The summed E-state index contributed by atoms with van der Waals surface area (Å²) in [5, 5.41) is 0. The molecule has 1 fully saturated rings. The van der Waals surface area contributed by atoms with Crippen LogP contribution in [-0.4, -0.2) is 6.04 Å². The summed E-state index contributed by atoms with van der Waals surface area (Å²) in [6.07, 6.45) is 6.02. The van der Waals surface area contributed by atoms with Crippen LogP contribution in [0.5, 0.6) is 0 Å². The molecule has 0 spiro atoms. The van der Waals surface area contributed by atoms with E-state index < -0.39 is 0 Å². The van der Waals surface area contributed by atoms with E-state index in [1.807, 2.05) is 0 Å². The van der Waals surface area contributed by atoms with Crippen molar-refractivity contribution in [2.45, 2.75) is 43.6 Å². The number of hydrogen-bond donors (Lipinski definition) is 1. The van der Waals surface area contributed by atoms with Gasteiger partial charge in [0, 0.05) is 15.0 Å². The van der Waals surface area contributed by atoms with Gasteiger partial charge in [-0.3, -0.25) is 0 Å². The summed E-state index contributed by atoms with van der Waals surface area (Å²) in [5.74, 6) is 0. The molecule has 0 radical (unpaired) electrons. The monoisotopic (exact) mass is 391 g/mol. The van der Waals surface area contributed by atoms with Gasteiger partial charge in [-0.1, -0.05) is 55.3 Å². The zero-order valence-electron chi connectivity index (χ0n) is 12.3. The van der Waals surface area contributed by atoms with Gasteiger partial charge in [-0.05, 0) is 65.1 Å². The Morgan fingerprint density at radius 3 is 2.19 bits per heavy atom. The van der Waals surface area contributed by atoms with E-state index in [0.29, 0.717) is 0 Å². The Labute approximate surface area is 141 Å². The highest BCUT2D eigenvalue weighted by Gasteiger charge is 2.40. The molecule has 1 atom stereocenters. The van der Waals surface area contributed by atoms with Crippen LogP contribution < -0.4 is 5.73 Å². The highest BCUT2D eigenvalue weighted by molar-refractivity contribution is 14.1. The third-order valence-corrected chi connectivity index (χ3v) is 5.64. The first-order chi connectivity index (χ1) is 10.2. The van der Waals surface area contributed by atoms with E-state index in [-0.39, 0.29) is 11.5 Å². The predicted octanol–water partition coefficient (Wildman–Crippen LogP) is 4.67. The van der Waals surface area contributed by atoms with E-state index in [0.717, 1.165) is 6.42 Å². The topological polar surface area (TPSA) is 26.0 Å². The molecule has 0 saturated heterocycles. The number of hydrogen-bond acceptors (Lipinski definition) is 1. The fraction of sp³-hybridized carbons (Fsp3) is 0.368. The van der Waals surface area contributed by atoms with Gasteiger partial charge < -0.3 is 5.73 Å². The Balaban J connectivity index is 1.85. The van der Waals surface area contributed by atoms with Gasteiger partial charge in [0.25, 0.3) is 0 Å². The zero-order valence-corrected chi connectivity index (χ0v) is 14.4. The predicted molar refractivity (Wildman–Crippen MR) is 97.4 cm³/mol. The van der Waals surface area contributed by atoms with Crippen LogP contribution in [0.2, 0.25) is 0 Å². The first-order valence-electron chi connectivity index (χ1n) is 7.76. The van der Waals surface area contributed by atoms with Gasteiger partial charge in [-0.2, -0.15) is 0 Å². The molecule has 2 N–H and O–H groups in total. The van der Waals surface area contributed by atoms with Crippen molar-refractivity contribution in [1.82, 2.24) is 0 Å². The van der Waals surface area contributed by atoms with E-state index in [1.54, 1.807) is 0 Å². The molecule has 0 amide bonds. The number of rotatable bonds is 4. The second kappa shape index (κ2) is 6.49. The zero-order chi connectivity index (χ0) is 14.7. The third kappa shape index (κ3) is 3.16. The van der Waals surface area contributed by atoms with E-state index in [4.69, 9.17) is 5.73 Å². The summed E-state index contributed by atoms with van der Waals surface area (Å²) < 4.78 is 1.28. The van der Waals surface area contributed by atoms with Crippen LogP contribution in [0, 0.1) is 3.57 Å². The molecule has 110 valence electrons. The van der Waals surface area contributed by atoms with E-state index in [9.17, 15) is 0 Å². The van der Waals surface area contributed by atoms with Crippen molar-refractivity contribution in [3.8, 4) is 0 Å². The highest BCUT2D eigenvalue weighted by Crippen LogP contribution is 2.43. The highest BCUT2D eigenvalue weighted by atomic mass is 127. The molecule has 3 rings (SSSR count). The fourth-order valence-corrected chi connectivity index (χ4v) is 4.08. The first kappa shape index (κ1) is 15.0. The lowest BCUT2D eigenvalue weighted by atomic mass is 9.71. The summed E-state index contributed by atoms with van der Waals surface area (Å²) in [4.78, 5) is 0. The molecule has 1 unspecified atom stereocenters. The fourth-order valence-electron chi connectivity index (χ4n) is 3.72. The molecule has 0 bridgehead atoms. The standard InChI is InChI=1S/C19H22IN/c20-17-10-8-15(9-11-17)14-18(21)19(12-4-5-13-19)16-6-2-1-3-7-16/h1-3,6-11,18H,4-5,12-14,21H2. The SMILES string of the molecule is NC(Cc1ccc(I)cc1)C1(c2ccccc2)CCCC1. The van der Waals surface area contributed by atoms with Crippen molar-refractivity contribution in [3.05, 3.63) is 69.3 Å². The van der Waals surface area contributed by atoms with Gasteiger partial charge >= 0.3 is 0 Å². The van der Waals surface area contributed by atoms with Crippen molar-refractivity contribution >= 4 is 22.6 Å². The van der Waals surface area contributed by atoms with Crippen LogP contribution in [0.25, 0.3) is 0 Å². The molecule has 2 aromatic carbocycles. The average molecular weight is 391 g/mol. The summed E-state index contributed by atoms with van der Waals surface area (Å²) in [7, 11) is 0. The van der Waals surface area contributed by atoms with Crippen molar-refractivity contribution in [2.75, 3.05) is 0 Å². The van der Waals surface area contributed by atoms with Crippen LogP contribution in [0.15, 0.2) is 54.6 Å². The quantitative estimate of drug-likeness (QED) is 0.753. The summed E-state index contributed by atoms with van der Waals surface area (Å²) in [6.45, 7) is 0. The maximum absolute atomic E-state index is 6.71. The Hall–Kier alpha value is -0.870. The lowest BCUT2D eigenvalue weighted by Gasteiger charge is -2.36. The minimum Gasteiger partial charge on any atom is -0.327 e. The van der Waals surface area contributed by atoms with Crippen LogP contribution in [0.4, 0.5) is 0 Å². The molecule has 0 aliphatic heterocycles. The van der Waals surface area contributed by atoms with Crippen molar-refractivity contribution in [1.29, 1.82) is 0 Å². The lowest BCUT2D eigenvalue weighted by molar-refractivity contribution is 0.347. The maximum Gasteiger partial charge on any atom is 0.0177 e. The van der Waals surface area contributed by atoms with Gasteiger partial charge in [-0.25, -0.2) is 0 Å². The Morgan fingerprint density at radius 2 is 1.57 bits per heavy atom. The van der Waals surface area contributed by atoms with Crippen LogP contribution >= 0.6 is 22.6 Å². The van der Waals surface area contributed by atoms with Crippen molar-refractivity contribution in [2.24, 2.45) is 5.73 Å². The summed E-state index contributed by atoms with van der Waals surface area (Å²) >= 11 is 2.35. The largest absolute Gasteiger partial charge is 0.327 e. The molecule has 2 aromatic rings. The molecular weight excluding hydrogens is 369 g/mol. The van der Waals surface area contributed by atoms with E-state index in [2.05, 4.69) is 77.2 Å². The summed E-state index contributed by atoms with van der Waals surface area (Å²) in [5.41, 5.74) is 9.67. The van der Waals surface area contributed by atoms with Gasteiger partial charge in [0.1, 0.15) is 0 Å². The molecule has 0 heterocycles. The smallest absolute Gasteiger partial charge is 0.0177 e. The Morgan fingerprint density at radius 1 is 0.952 bits per heavy atom. The van der Waals surface area contributed by atoms with Gasteiger partial charge in [0.05, 0.1) is 0 Å². The van der Waals surface area contributed by atoms with Crippen molar-refractivity contribution < 1.29 is 0 Å². The molecule has 1 nitrogen and oxygen atoms in total. The van der Waals surface area contributed by atoms with Crippen molar-refractivity contribution in [3.63, 3.8) is 0 Å². The molecule has 1 saturated carbocycles. The Kier molecular flexibility index (Phi) is 4.65. The molecule has 2 heteroatoms. The average Bonchev–Trinajstić information content (AvgIpc) is 3.01. The minimum atomic E-state index is 0.171. The third-order valence-electron chi connectivity index (χ3n) is 4.92. The van der Waals surface area contributed by atoms with Crippen LogP contribution in [-0.2, 0) is 11.8 Å². The van der Waals surface area contributed by atoms with E-state index in [1.165, 1.54) is 40.4 Å². The molecule has 1 aliphatic carbocycles. The maximum atomic E-state index is 6.71. The van der Waals surface area contributed by atoms with E-state index >= 15 is 0 Å². The molecule has 0 aromatic heterocycles. The van der Waals surface area contributed by atoms with Crippen LogP contribution in [0.3, 0.4) is 0 Å². The number of halogens is 1.